The van der Waals surface area contributed by atoms with Crippen LogP contribution in [0.3, 0.4) is 0 Å². The van der Waals surface area contributed by atoms with Gasteiger partial charge in [0.1, 0.15) is 29.2 Å². The Bertz CT molecular complexity index is 1170. The van der Waals surface area contributed by atoms with Crippen LogP contribution in [0.2, 0.25) is 0 Å². The average Bonchev–Trinajstić information content (AvgIpc) is 2.95. The van der Waals surface area contributed by atoms with Gasteiger partial charge in [-0.3, -0.25) is 9.78 Å². The van der Waals surface area contributed by atoms with Gasteiger partial charge in [-0.15, -0.1) is 0 Å². The Morgan fingerprint density at radius 3 is 1.87 bits per heavy atom. The number of rotatable bonds is 8. The quantitative estimate of drug-likeness (QED) is 0.423. The number of nitrogens with one attached hydrogen (secondary N) is 1. The molecule has 0 radical (unpaired) electrons. The van der Waals surface area contributed by atoms with E-state index in [1.165, 1.54) is 24.3 Å². The van der Waals surface area contributed by atoms with Crippen LogP contribution < -0.4 is 14.8 Å². The van der Waals surface area contributed by atoms with E-state index in [9.17, 15) is 13.6 Å². The van der Waals surface area contributed by atoms with E-state index in [2.05, 4.69) is 10.3 Å². The molecule has 5 rings (SSSR count). The number of amides is 1. The fourth-order valence-electron chi connectivity index (χ4n) is 5.06. The summed E-state index contributed by atoms with van der Waals surface area (Å²) in [4.78, 5) is 19.3. The molecule has 1 aromatic heterocycles. The summed E-state index contributed by atoms with van der Waals surface area (Å²) in [6.45, 7) is 1.87. The Morgan fingerprint density at radius 1 is 0.789 bits per heavy atom. The van der Waals surface area contributed by atoms with Crippen molar-refractivity contribution in [1.82, 2.24) is 15.2 Å². The van der Waals surface area contributed by atoms with Gasteiger partial charge in [0.2, 0.25) is 0 Å². The highest BCUT2D eigenvalue weighted by atomic mass is 19.1. The summed E-state index contributed by atoms with van der Waals surface area (Å²) in [5.74, 6) is 0.799. The number of halogens is 2. The highest BCUT2D eigenvalue weighted by molar-refractivity contribution is 5.94. The number of likely N-dealkylation sites (tertiary alicyclic amines) is 1. The summed E-state index contributed by atoms with van der Waals surface area (Å²) >= 11 is 0. The summed E-state index contributed by atoms with van der Waals surface area (Å²) in [5, 5.41) is 3.57. The molecule has 2 fully saturated rings. The fraction of sp³-hybridized carbons (Fsp3) is 0.400. The summed E-state index contributed by atoms with van der Waals surface area (Å²) in [6.07, 6.45) is 7.19. The van der Waals surface area contributed by atoms with Gasteiger partial charge < -0.3 is 19.7 Å². The molecule has 1 amide bonds. The smallest absolute Gasteiger partial charge is 0.255 e. The molecule has 1 aliphatic carbocycles. The molecule has 2 heterocycles. The summed E-state index contributed by atoms with van der Waals surface area (Å²) in [6, 6.07) is 16.4. The van der Waals surface area contributed by atoms with Crippen molar-refractivity contribution in [3.63, 3.8) is 0 Å². The minimum Gasteiger partial charge on any atom is -0.490 e. The molecular weight excluding hydrogens is 488 g/mol. The molecule has 0 spiro atoms. The lowest BCUT2D eigenvalue weighted by Gasteiger charge is -2.32. The second kappa shape index (κ2) is 12.3. The third-order valence-electron chi connectivity index (χ3n) is 7.28. The highest BCUT2D eigenvalue weighted by Crippen LogP contribution is 2.25. The standard InChI is InChI=1S/C30H33F2N3O3/c31-22-2-9-26(10-3-22)37-28-13-7-24(8-14-28)34-20-25-6-1-21(19-33-25)30(36)35-17-15-29(16-18-35)38-27-11-4-23(32)5-12-27/h1-6,9-12,19,24,28-29,34H,7-8,13-18,20H2. The first-order valence-electron chi connectivity index (χ1n) is 13.3. The predicted molar refractivity (Wildman–Crippen MR) is 140 cm³/mol. The second-order valence-electron chi connectivity index (χ2n) is 10.0. The van der Waals surface area contributed by atoms with Crippen LogP contribution >= 0.6 is 0 Å². The minimum atomic E-state index is -0.287. The number of carbonyl (C=O) groups is 1. The molecule has 1 saturated carbocycles. The molecule has 0 bridgehead atoms. The molecule has 8 heteroatoms. The van der Waals surface area contributed by atoms with Crippen molar-refractivity contribution in [2.24, 2.45) is 0 Å². The van der Waals surface area contributed by atoms with E-state index in [1.807, 2.05) is 17.0 Å². The number of pyridine rings is 1. The zero-order chi connectivity index (χ0) is 26.3. The molecule has 3 aromatic rings. The Balaban J connectivity index is 1.02. The van der Waals surface area contributed by atoms with E-state index in [4.69, 9.17) is 9.47 Å². The Kier molecular flexibility index (Phi) is 8.48. The van der Waals surface area contributed by atoms with Crippen molar-refractivity contribution in [3.05, 3.63) is 89.8 Å². The van der Waals surface area contributed by atoms with Crippen LogP contribution in [0.25, 0.3) is 0 Å². The molecular formula is C30H33F2N3O3. The number of piperidine rings is 1. The van der Waals surface area contributed by atoms with Gasteiger partial charge in [-0.2, -0.15) is 0 Å². The molecule has 0 atom stereocenters. The first-order chi connectivity index (χ1) is 18.5. The van der Waals surface area contributed by atoms with Crippen molar-refractivity contribution < 1.29 is 23.0 Å². The minimum absolute atomic E-state index is 0.0145. The number of ether oxygens (including phenoxy) is 2. The van der Waals surface area contributed by atoms with E-state index in [0.29, 0.717) is 42.7 Å². The van der Waals surface area contributed by atoms with Crippen molar-refractivity contribution >= 4 is 5.91 Å². The van der Waals surface area contributed by atoms with Crippen LogP contribution in [0.5, 0.6) is 11.5 Å². The largest absolute Gasteiger partial charge is 0.490 e. The molecule has 200 valence electrons. The molecule has 2 aliphatic rings. The Morgan fingerprint density at radius 2 is 1.34 bits per heavy atom. The molecule has 1 N–H and O–H groups in total. The zero-order valence-electron chi connectivity index (χ0n) is 21.3. The monoisotopic (exact) mass is 521 g/mol. The lowest BCUT2D eigenvalue weighted by atomic mass is 9.93. The van der Waals surface area contributed by atoms with Gasteiger partial charge in [-0.05, 0) is 86.3 Å². The lowest BCUT2D eigenvalue weighted by molar-refractivity contribution is 0.0595. The number of nitrogens with zero attached hydrogens (tertiary/aromatic N) is 2. The maximum absolute atomic E-state index is 13.1. The fourth-order valence-corrected chi connectivity index (χ4v) is 5.06. The molecule has 6 nitrogen and oxygen atoms in total. The number of hydrogen-bond acceptors (Lipinski definition) is 5. The Labute approximate surface area is 222 Å². The number of hydrogen-bond donors (Lipinski definition) is 1. The van der Waals surface area contributed by atoms with Gasteiger partial charge in [0, 0.05) is 44.7 Å². The molecule has 1 aliphatic heterocycles. The van der Waals surface area contributed by atoms with Crippen molar-refractivity contribution in [2.75, 3.05) is 13.1 Å². The van der Waals surface area contributed by atoms with Gasteiger partial charge in [0.25, 0.3) is 5.91 Å². The SMILES string of the molecule is O=C(c1ccc(CNC2CCC(Oc3ccc(F)cc3)CC2)nc1)N1CCC(Oc2ccc(F)cc2)CC1. The van der Waals surface area contributed by atoms with Crippen LogP contribution in [0, 0.1) is 11.6 Å². The average molecular weight is 522 g/mol. The maximum atomic E-state index is 13.1. The van der Waals surface area contributed by atoms with E-state index in [0.717, 1.165) is 44.2 Å². The van der Waals surface area contributed by atoms with Gasteiger partial charge >= 0.3 is 0 Å². The number of carbonyl (C=O) groups excluding carboxylic acids is 1. The highest BCUT2D eigenvalue weighted by Gasteiger charge is 2.25. The molecule has 0 unspecified atom stereocenters. The third-order valence-corrected chi connectivity index (χ3v) is 7.28. The normalized spacial score (nSPS) is 20.2. The predicted octanol–water partition coefficient (Wildman–Crippen LogP) is 5.52. The van der Waals surface area contributed by atoms with E-state index in [1.54, 1.807) is 30.5 Å². The lowest BCUT2D eigenvalue weighted by Crippen LogP contribution is -2.41. The van der Waals surface area contributed by atoms with Crippen LogP contribution in [0.15, 0.2) is 66.9 Å². The van der Waals surface area contributed by atoms with Crippen LogP contribution in [-0.4, -0.2) is 47.1 Å². The van der Waals surface area contributed by atoms with Crippen molar-refractivity contribution in [2.45, 2.75) is 63.3 Å². The van der Waals surface area contributed by atoms with Crippen molar-refractivity contribution in [1.29, 1.82) is 0 Å². The van der Waals surface area contributed by atoms with Gasteiger partial charge in [-0.1, -0.05) is 0 Å². The zero-order valence-corrected chi connectivity index (χ0v) is 21.3. The van der Waals surface area contributed by atoms with Crippen molar-refractivity contribution in [3.8, 4) is 11.5 Å². The van der Waals surface area contributed by atoms with Gasteiger partial charge in [0.15, 0.2) is 0 Å². The van der Waals surface area contributed by atoms with E-state index in [-0.39, 0.29) is 29.7 Å². The number of aromatic nitrogens is 1. The topological polar surface area (TPSA) is 63.7 Å². The number of benzene rings is 2. The van der Waals surface area contributed by atoms with Crippen LogP contribution in [-0.2, 0) is 6.54 Å². The maximum Gasteiger partial charge on any atom is 0.255 e. The molecule has 38 heavy (non-hydrogen) atoms. The third kappa shape index (κ3) is 7.07. The molecule has 1 saturated heterocycles. The van der Waals surface area contributed by atoms with Crippen LogP contribution in [0.4, 0.5) is 8.78 Å². The Hall–Kier alpha value is -3.52. The first kappa shape index (κ1) is 26.1. The second-order valence-corrected chi connectivity index (χ2v) is 10.0. The van der Waals surface area contributed by atoms with Gasteiger partial charge in [-0.25, -0.2) is 8.78 Å². The first-order valence-corrected chi connectivity index (χ1v) is 13.3. The van der Waals surface area contributed by atoms with E-state index < -0.39 is 0 Å². The summed E-state index contributed by atoms with van der Waals surface area (Å²) in [7, 11) is 0. The summed E-state index contributed by atoms with van der Waals surface area (Å²) < 4.78 is 38.1. The summed E-state index contributed by atoms with van der Waals surface area (Å²) in [5.41, 5.74) is 1.49. The van der Waals surface area contributed by atoms with Crippen LogP contribution in [0.1, 0.15) is 54.6 Å². The van der Waals surface area contributed by atoms with Gasteiger partial charge in [0.05, 0.1) is 17.4 Å². The molecule has 2 aromatic carbocycles. The van der Waals surface area contributed by atoms with E-state index >= 15 is 0 Å².